The van der Waals surface area contributed by atoms with E-state index in [9.17, 15) is 19.2 Å². The largest absolute Gasteiger partial charge is 0.350 e. The normalized spacial score (nSPS) is 22.4. The molecule has 3 N–H and O–H groups in total. The summed E-state index contributed by atoms with van der Waals surface area (Å²) in [6, 6.07) is 9.04. The third kappa shape index (κ3) is 7.48. The minimum atomic E-state index is -0.959. The quantitative estimate of drug-likeness (QED) is 0.278. The fraction of sp³-hybridized carbons (Fsp3) is 0.600. The molecule has 1 aromatic rings. The maximum Gasteiger partial charge on any atom is 0.344 e. The Morgan fingerprint density at radius 2 is 1.82 bits per heavy atom. The van der Waals surface area contributed by atoms with E-state index in [-0.39, 0.29) is 12.3 Å². The van der Waals surface area contributed by atoms with Gasteiger partial charge in [0.15, 0.2) is 6.29 Å². The van der Waals surface area contributed by atoms with Gasteiger partial charge < -0.3 is 10.1 Å². The topological polar surface area (TPSA) is 126 Å². The van der Waals surface area contributed by atoms with E-state index < -0.39 is 47.4 Å². The van der Waals surface area contributed by atoms with Crippen molar-refractivity contribution in [1.29, 1.82) is 0 Å². The second kappa shape index (κ2) is 13.9. The summed E-state index contributed by atoms with van der Waals surface area (Å²) < 4.78 is 5.57. The van der Waals surface area contributed by atoms with Gasteiger partial charge in [-0.1, -0.05) is 75.6 Å². The van der Waals surface area contributed by atoms with Crippen molar-refractivity contribution in [3.8, 4) is 0 Å². The molecule has 10 nitrogen and oxygen atoms in total. The Kier molecular flexibility index (Phi) is 10.3. The number of imide groups is 1. The molecule has 40 heavy (non-hydrogen) atoms. The Labute approximate surface area is 236 Å². The molecule has 3 fully saturated rings. The molecule has 4 rings (SSSR count). The summed E-state index contributed by atoms with van der Waals surface area (Å²) in [5.74, 6) is -2.99. The number of ether oxygens (including phenoxy) is 1. The third-order valence-electron chi connectivity index (χ3n) is 7.90. The first-order chi connectivity index (χ1) is 19.3. The molecule has 0 bridgehead atoms. The van der Waals surface area contributed by atoms with Crippen LogP contribution in [0.15, 0.2) is 36.4 Å². The Balaban J connectivity index is 1.51. The molecule has 1 aromatic carbocycles. The number of carbonyl (C=O) groups excluding carboxylic acids is 4. The summed E-state index contributed by atoms with van der Waals surface area (Å²) in [5, 5.41) is 3.62. The molecule has 2 saturated heterocycles. The van der Waals surface area contributed by atoms with Crippen molar-refractivity contribution in [3.63, 3.8) is 0 Å². The number of nitrogens with one attached hydrogen (secondary N) is 3. The molecule has 0 aromatic heterocycles. The van der Waals surface area contributed by atoms with E-state index in [2.05, 4.69) is 16.2 Å². The minimum Gasteiger partial charge on any atom is -0.350 e. The standard InChI is InChI=1S/C30H42N4O6/c1-21(2)20-24(26(35)32-34-28(37)30(31-29(34)38)17-8-4-9-18-30)23(15-11-14-22-12-5-3-6-13-22)27(36)33-40-25-16-7-10-19-39-25/h3,5-6,11-14,21,23-25H,4,7-10,15-20H2,1-2H3,(H,31,38)(H,32,35)(H,33,36)/t23-,24+,25?/m0/s1. The molecule has 10 heteroatoms. The smallest absolute Gasteiger partial charge is 0.344 e. The molecule has 5 amide bonds. The summed E-state index contributed by atoms with van der Waals surface area (Å²) in [4.78, 5) is 58.9. The van der Waals surface area contributed by atoms with Crippen LogP contribution < -0.4 is 16.2 Å². The Bertz CT molecular complexity index is 1060. The van der Waals surface area contributed by atoms with E-state index >= 15 is 0 Å². The van der Waals surface area contributed by atoms with Gasteiger partial charge in [0.05, 0.1) is 11.8 Å². The van der Waals surface area contributed by atoms with Crippen LogP contribution in [0.2, 0.25) is 0 Å². The molecule has 1 unspecified atom stereocenters. The maximum absolute atomic E-state index is 13.7. The number of hydrogen-bond acceptors (Lipinski definition) is 6. The number of hydrazine groups is 1. The van der Waals surface area contributed by atoms with Gasteiger partial charge in [-0.3, -0.25) is 19.8 Å². The molecule has 2 aliphatic heterocycles. The molecule has 1 spiro atoms. The highest BCUT2D eigenvalue weighted by atomic mass is 16.8. The lowest BCUT2D eigenvalue weighted by molar-refractivity contribution is -0.203. The van der Waals surface area contributed by atoms with Gasteiger partial charge in [-0.05, 0) is 50.0 Å². The van der Waals surface area contributed by atoms with Crippen LogP contribution in [0.1, 0.15) is 83.6 Å². The molecule has 1 aliphatic carbocycles. The summed E-state index contributed by atoms with van der Waals surface area (Å²) in [7, 11) is 0. The Morgan fingerprint density at radius 1 is 1.07 bits per heavy atom. The highest BCUT2D eigenvalue weighted by Gasteiger charge is 2.52. The average Bonchev–Trinajstić information content (AvgIpc) is 3.17. The van der Waals surface area contributed by atoms with Crippen molar-refractivity contribution in [2.75, 3.05) is 6.61 Å². The highest BCUT2D eigenvalue weighted by Crippen LogP contribution is 2.33. The van der Waals surface area contributed by atoms with E-state index in [0.717, 1.165) is 42.7 Å². The van der Waals surface area contributed by atoms with Crippen LogP contribution in [-0.4, -0.2) is 47.2 Å². The minimum absolute atomic E-state index is 0.0690. The van der Waals surface area contributed by atoms with Crippen LogP contribution in [0.4, 0.5) is 4.79 Å². The Morgan fingerprint density at radius 3 is 2.50 bits per heavy atom. The van der Waals surface area contributed by atoms with Gasteiger partial charge in [-0.25, -0.2) is 15.1 Å². The van der Waals surface area contributed by atoms with Gasteiger partial charge in [0.25, 0.3) is 5.91 Å². The zero-order valence-corrected chi connectivity index (χ0v) is 23.5. The number of benzene rings is 1. The second-order valence-electron chi connectivity index (χ2n) is 11.5. The molecule has 3 atom stereocenters. The fourth-order valence-corrected chi connectivity index (χ4v) is 5.74. The lowest BCUT2D eigenvalue weighted by atomic mass is 9.81. The number of hydrogen-bond donors (Lipinski definition) is 3. The van der Waals surface area contributed by atoms with Gasteiger partial charge in [0.2, 0.25) is 11.8 Å². The first kappa shape index (κ1) is 29.7. The van der Waals surface area contributed by atoms with Crippen molar-refractivity contribution in [1.82, 2.24) is 21.2 Å². The Hall–Kier alpha value is -3.24. The average molecular weight is 555 g/mol. The van der Waals surface area contributed by atoms with E-state index in [4.69, 9.17) is 9.57 Å². The molecule has 3 aliphatic rings. The number of allylic oxidation sites excluding steroid dienone is 1. The zero-order valence-electron chi connectivity index (χ0n) is 23.5. The fourth-order valence-electron chi connectivity index (χ4n) is 5.74. The SMILES string of the molecule is CC(C)C[C@@H](C(=O)NN1C(=O)NC2(CCCCC2)C1=O)[C@H](CC=Cc1ccccc1)C(=O)NOC1CCCCO1. The van der Waals surface area contributed by atoms with E-state index in [1.165, 1.54) is 0 Å². The van der Waals surface area contributed by atoms with Crippen LogP contribution in [0.5, 0.6) is 0 Å². The number of amides is 5. The number of carbonyl (C=O) groups is 4. The van der Waals surface area contributed by atoms with Gasteiger partial charge >= 0.3 is 6.03 Å². The van der Waals surface area contributed by atoms with Crippen LogP contribution in [0.3, 0.4) is 0 Å². The predicted octanol–water partition coefficient (Wildman–Crippen LogP) is 4.23. The zero-order chi connectivity index (χ0) is 28.5. The van der Waals surface area contributed by atoms with Crippen molar-refractivity contribution >= 4 is 29.8 Å². The van der Waals surface area contributed by atoms with Crippen molar-refractivity contribution in [3.05, 3.63) is 42.0 Å². The van der Waals surface area contributed by atoms with Crippen LogP contribution in [0.25, 0.3) is 6.08 Å². The number of nitrogens with zero attached hydrogens (tertiary/aromatic N) is 1. The summed E-state index contributed by atoms with van der Waals surface area (Å²) in [6.07, 6.45) is 10.2. The number of urea groups is 1. The predicted molar refractivity (Wildman–Crippen MR) is 149 cm³/mol. The highest BCUT2D eigenvalue weighted by molar-refractivity contribution is 6.08. The lowest BCUT2D eigenvalue weighted by Gasteiger charge is -2.31. The molecule has 2 heterocycles. The summed E-state index contributed by atoms with van der Waals surface area (Å²) in [6.45, 7) is 4.49. The van der Waals surface area contributed by atoms with Crippen molar-refractivity contribution in [2.24, 2.45) is 17.8 Å². The number of hydroxylamine groups is 1. The summed E-state index contributed by atoms with van der Waals surface area (Å²) >= 11 is 0. The molecule has 0 radical (unpaired) electrons. The number of rotatable bonds is 11. The lowest BCUT2D eigenvalue weighted by Crippen LogP contribution is -2.53. The van der Waals surface area contributed by atoms with Crippen molar-refractivity contribution < 1.29 is 28.8 Å². The van der Waals surface area contributed by atoms with E-state index in [1.54, 1.807) is 0 Å². The molecule has 1 saturated carbocycles. The summed E-state index contributed by atoms with van der Waals surface area (Å²) in [5.41, 5.74) is 5.11. The van der Waals surface area contributed by atoms with Gasteiger partial charge in [0, 0.05) is 13.0 Å². The van der Waals surface area contributed by atoms with Crippen LogP contribution in [0, 0.1) is 17.8 Å². The van der Waals surface area contributed by atoms with E-state index in [0.29, 0.717) is 32.3 Å². The van der Waals surface area contributed by atoms with Gasteiger partial charge in [-0.2, -0.15) is 5.01 Å². The monoisotopic (exact) mass is 554 g/mol. The first-order valence-corrected chi connectivity index (χ1v) is 14.5. The molecular weight excluding hydrogens is 512 g/mol. The van der Waals surface area contributed by atoms with Crippen molar-refractivity contribution in [2.45, 2.75) is 89.9 Å². The van der Waals surface area contributed by atoms with Crippen LogP contribution in [-0.2, 0) is 24.0 Å². The molecule has 218 valence electrons. The third-order valence-corrected chi connectivity index (χ3v) is 7.90. The molecular formula is C30H42N4O6. The second-order valence-corrected chi connectivity index (χ2v) is 11.5. The van der Waals surface area contributed by atoms with E-state index in [1.807, 2.05) is 56.3 Å². The first-order valence-electron chi connectivity index (χ1n) is 14.5. The van der Waals surface area contributed by atoms with Crippen LogP contribution >= 0.6 is 0 Å². The van der Waals surface area contributed by atoms with Gasteiger partial charge in [0.1, 0.15) is 5.54 Å². The maximum atomic E-state index is 13.7. The van der Waals surface area contributed by atoms with Gasteiger partial charge in [-0.15, -0.1) is 0 Å².